The molecule has 3 aliphatic rings. The highest BCUT2D eigenvalue weighted by Gasteiger charge is 2.36. The Balaban J connectivity index is 1.43. The zero-order chi connectivity index (χ0) is 28.2. The van der Waals surface area contributed by atoms with Crippen LogP contribution in [0.2, 0.25) is 0 Å². The van der Waals surface area contributed by atoms with Gasteiger partial charge in [-0.25, -0.2) is 0 Å². The minimum Gasteiger partial charge on any atom is -0.496 e. The summed E-state index contributed by atoms with van der Waals surface area (Å²) in [6, 6.07) is 12.2. The van der Waals surface area contributed by atoms with Crippen molar-refractivity contribution < 1.29 is 28.5 Å². The minimum atomic E-state index is -0.299. The number of rotatable bonds is 4. The van der Waals surface area contributed by atoms with E-state index in [-0.39, 0.29) is 30.6 Å². The van der Waals surface area contributed by atoms with Gasteiger partial charge >= 0.3 is 0 Å². The topological polar surface area (TPSA) is 111 Å². The maximum Gasteiger partial charge on any atom is 0.258 e. The number of carbonyl (C=O) groups excluding carboxylic acids is 2. The smallest absolute Gasteiger partial charge is 0.258 e. The second-order valence-corrected chi connectivity index (χ2v) is 10.1. The maximum atomic E-state index is 13.4. The predicted molar refractivity (Wildman–Crippen MR) is 148 cm³/mol. The molecule has 0 radical (unpaired) electrons. The highest BCUT2D eigenvalue weighted by Crippen LogP contribution is 2.29. The van der Waals surface area contributed by atoms with E-state index in [0.29, 0.717) is 49.0 Å². The predicted octanol–water partition coefficient (Wildman–Crippen LogP) is 2.79. The molecule has 6 rings (SSSR count). The summed E-state index contributed by atoms with van der Waals surface area (Å²) >= 11 is 0. The molecule has 0 saturated carbocycles. The minimum absolute atomic E-state index is 0.209. The number of benzene rings is 2. The molecular formula is C30H34N4O6. The zero-order valence-corrected chi connectivity index (χ0v) is 23.2. The molecule has 0 aliphatic carbocycles. The molecule has 1 aromatic heterocycles. The van der Waals surface area contributed by atoms with Crippen molar-refractivity contribution in [3.63, 3.8) is 0 Å². The van der Waals surface area contributed by atoms with Crippen LogP contribution in [-0.2, 0) is 17.9 Å². The second-order valence-electron chi connectivity index (χ2n) is 10.1. The fourth-order valence-corrected chi connectivity index (χ4v) is 5.12. The van der Waals surface area contributed by atoms with Crippen LogP contribution in [-0.4, -0.2) is 67.8 Å². The van der Waals surface area contributed by atoms with Gasteiger partial charge in [0.1, 0.15) is 17.6 Å². The Morgan fingerprint density at radius 3 is 2.60 bits per heavy atom. The van der Waals surface area contributed by atoms with Crippen LogP contribution in [0.4, 0.5) is 0 Å². The van der Waals surface area contributed by atoms with E-state index in [9.17, 15) is 9.59 Å². The Hall–Kier alpha value is -4.31. The molecule has 2 aromatic carbocycles. The monoisotopic (exact) mass is 546 g/mol. The van der Waals surface area contributed by atoms with Gasteiger partial charge < -0.3 is 29.6 Å². The molecule has 3 aliphatic heterocycles. The number of pyridine rings is 1. The molecule has 210 valence electrons. The number of aryl methyl sites for hydroxylation is 1. The molecule has 10 heteroatoms. The molecule has 0 unspecified atom stereocenters. The lowest BCUT2D eigenvalue weighted by molar-refractivity contribution is -0.123. The lowest BCUT2D eigenvalue weighted by Gasteiger charge is -2.21. The van der Waals surface area contributed by atoms with Gasteiger partial charge in [0.05, 0.1) is 26.0 Å². The number of aromatic nitrogens is 1. The van der Waals surface area contributed by atoms with Gasteiger partial charge in [0.25, 0.3) is 11.8 Å². The molecule has 4 heterocycles. The molecule has 0 spiro atoms. The number of fused-ring (bicyclic) bond motifs is 7. The highest BCUT2D eigenvalue weighted by atomic mass is 16.5. The van der Waals surface area contributed by atoms with Gasteiger partial charge in [-0.3, -0.25) is 19.5 Å². The lowest BCUT2D eigenvalue weighted by Crippen LogP contribution is -2.45. The molecule has 40 heavy (non-hydrogen) atoms. The summed E-state index contributed by atoms with van der Waals surface area (Å²) < 4.78 is 23.1. The van der Waals surface area contributed by atoms with Gasteiger partial charge in [-0.05, 0) is 49.7 Å². The SMILES string of the molecule is COc1ccc2cc1OCC(=O)NCc1ccc(cc1)O[C@H]1CN(Cc3ncc(C)c(OC)c3C)C[C@@H]1NC2=O. The van der Waals surface area contributed by atoms with Gasteiger partial charge in [0, 0.05) is 49.1 Å². The first-order chi connectivity index (χ1) is 19.3. The molecule has 1 fully saturated rings. The van der Waals surface area contributed by atoms with Crippen molar-refractivity contribution in [1.29, 1.82) is 0 Å². The first-order valence-electron chi connectivity index (χ1n) is 13.2. The largest absolute Gasteiger partial charge is 0.496 e. The molecule has 10 nitrogen and oxygen atoms in total. The van der Waals surface area contributed by atoms with Crippen molar-refractivity contribution in [2.75, 3.05) is 33.9 Å². The standard InChI is InChI=1S/C30H34N4O6/c1-18-12-31-23(19(2)29(18)38-4)14-34-15-24-27(16-34)40-22-8-5-20(6-9-22)13-32-28(35)17-39-26-11-21(30(36)33-24)7-10-25(26)37-3/h5-12,24,27H,13-17H2,1-4H3,(H,32,35)(H,33,36)/t24-,27-/m0/s1. The average molecular weight is 547 g/mol. The number of methoxy groups -OCH3 is 2. The number of nitrogens with one attached hydrogen (secondary N) is 2. The summed E-state index contributed by atoms with van der Waals surface area (Å²) in [5.74, 6) is 1.71. The Kier molecular flexibility index (Phi) is 8.06. The number of hydrogen-bond donors (Lipinski definition) is 2. The van der Waals surface area contributed by atoms with Crippen molar-refractivity contribution in [3.05, 3.63) is 76.6 Å². The van der Waals surface area contributed by atoms with Gasteiger partial charge in [-0.2, -0.15) is 0 Å². The lowest BCUT2D eigenvalue weighted by atomic mass is 10.1. The molecule has 4 bridgehead atoms. The van der Waals surface area contributed by atoms with Crippen LogP contribution in [0, 0.1) is 13.8 Å². The van der Waals surface area contributed by atoms with Crippen LogP contribution < -0.4 is 29.6 Å². The number of nitrogens with zero attached hydrogens (tertiary/aromatic N) is 2. The van der Waals surface area contributed by atoms with E-state index >= 15 is 0 Å². The van der Waals surface area contributed by atoms with E-state index in [0.717, 1.165) is 28.1 Å². The second kappa shape index (κ2) is 11.8. The molecule has 2 atom stereocenters. The third-order valence-electron chi connectivity index (χ3n) is 7.27. The van der Waals surface area contributed by atoms with E-state index in [1.54, 1.807) is 25.3 Å². The van der Waals surface area contributed by atoms with Crippen molar-refractivity contribution in [2.24, 2.45) is 0 Å². The summed E-state index contributed by atoms with van der Waals surface area (Å²) in [5, 5.41) is 6.00. The number of likely N-dealkylation sites (tertiary alicyclic amines) is 1. The summed E-state index contributed by atoms with van der Waals surface area (Å²) in [6.45, 7) is 5.89. The van der Waals surface area contributed by atoms with E-state index in [1.165, 1.54) is 7.11 Å². The number of amides is 2. The fourth-order valence-electron chi connectivity index (χ4n) is 5.12. The number of hydrogen-bond acceptors (Lipinski definition) is 8. The van der Waals surface area contributed by atoms with Crippen LogP contribution in [0.15, 0.2) is 48.7 Å². The number of ether oxygens (including phenoxy) is 4. The molecular weight excluding hydrogens is 512 g/mol. The van der Waals surface area contributed by atoms with Crippen molar-refractivity contribution >= 4 is 11.8 Å². The van der Waals surface area contributed by atoms with E-state index < -0.39 is 0 Å². The van der Waals surface area contributed by atoms with Crippen molar-refractivity contribution in [3.8, 4) is 23.0 Å². The van der Waals surface area contributed by atoms with Crippen molar-refractivity contribution in [1.82, 2.24) is 20.5 Å². The Morgan fingerprint density at radius 2 is 1.85 bits per heavy atom. The Bertz CT molecular complexity index is 1390. The van der Waals surface area contributed by atoms with Crippen molar-refractivity contribution in [2.45, 2.75) is 39.1 Å². The molecule has 1 saturated heterocycles. The summed E-state index contributed by atoms with van der Waals surface area (Å²) in [5.41, 5.74) is 4.23. The van der Waals surface area contributed by atoms with Crippen LogP contribution >= 0.6 is 0 Å². The van der Waals surface area contributed by atoms with Gasteiger partial charge in [0.15, 0.2) is 18.1 Å². The zero-order valence-electron chi connectivity index (χ0n) is 23.2. The highest BCUT2D eigenvalue weighted by molar-refractivity contribution is 5.95. The fraction of sp³-hybridized carbons (Fsp3) is 0.367. The first kappa shape index (κ1) is 27.3. The summed E-state index contributed by atoms with van der Waals surface area (Å²) in [4.78, 5) is 32.7. The Labute approximate surface area is 233 Å². The van der Waals surface area contributed by atoms with E-state index in [2.05, 4.69) is 20.5 Å². The van der Waals surface area contributed by atoms with E-state index in [1.807, 2.05) is 44.3 Å². The van der Waals surface area contributed by atoms with Crippen LogP contribution in [0.1, 0.15) is 32.7 Å². The molecule has 2 N–H and O–H groups in total. The third-order valence-corrected chi connectivity index (χ3v) is 7.27. The van der Waals surface area contributed by atoms with Gasteiger partial charge in [-0.1, -0.05) is 12.1 Å². The Morgan fingerprint density at radius 1 is 1.05 bits per heavy atom. The molecule has 2 amide bonds. The first-order valence-corrected chi connectivity index (χ1v) is 13.2. The normalized spacial score (nSPS) is 19.5. The summed E-state index contributed by atoms with van der Waals surface area (Å²) in [7, 11) is 3.18. The summed E-state index contributed by atoms with van der Waals surface area (Å²) in [6.07, 6.45) is 1.53. The average Bonchev–Trinajstić information content (AvgIpc) is 3.32. The van der Waals surface area contributed by atoms with Crippen LogP contribution in [0.3, 0.4) is 0 Å². The number of carbonyl (C=O) groups is 2. The molecule has 3 aromatic rings. The third kappa shape index (κ3) is 5.96. The van der Waals surface area contributed by atoms with Gasteiger partial charge in [-0.15, -0.1) is 0 Å². The quantitative estimate of drug-likeness (QED) is 0.514. The van der Waals surface area contributed by atoms with Gasteiger partial charge in [0.2, 0.25) is 0 Å². The van der Waals surface area contributed by atoms with Crippen LogP contribution in [0.5, 0.6) is 23.0 Å². The van der Waals surface area contributed by atoms with E-state index in [4.69, 9.17) is 18.9 Å². The maximum absolute atomic E-state index is 13.4. The van der Waals surface area contributed by atoms with Crippen LogP contribution in [0.25, 0.3) is 0 Å².